The van der Waals surface area contributed by atoms with Gasteiger partial charge < -0.3 is 15.0 Å². The zero-order chi connectivity index (χ0) is 33.3. The average Bonchev–Trinajstić information content (AvgIpc) is 3.45. The molecule has 9 rings (SSSR count). The second kappa shape index (κ2) is 11.7. The minimum Gasteiger partial charge on any atom is -0.461 e. The number of rotatable bonds is 9. The van der Waals surface area contributed by atoms with E-state index in [1.165, 1.54) is 23.4 Å². The molecule has 1 aliphatic carbocycles. The molecular formula is C33H30ClFN10O3S. The molecule has 0 amide bonds. The number of pyridine rings is 1. The summed E-state index contributed by atoms with van der Waals surface area (Å²) in [6.45, 7) is 1.66. The Morgan fingerprint density at radius 3 is 2.59 bits per heavy atom. The number of ether oxygens (including phenoxy) is 1. The van der Waals surface area contributed by atoms with Gasteiger partial charge in [-0.05, 0) is 37.1 Å². The molecule has 3 aliphatic rings. The summed E-state index contributed by atoms with van der Waals surface area (Å²) in [6.07, 6.45) is 9.57. The topological polar surface area (TPSA) is 146 Å². The van der Waals surface area contributed by atoms with Crippen LogP contribution in [-0.4, -0.2) is 79.1 Å². The minimum absolute atomic E-state index is 0.00407. The fourth-order valence-electron chi connectivity index (χ4n) is 6.82. The van der Waals surface area contributed by atoms with E-state index >= 15 is 4.39 Å². The molecule has 250 valence electrons. The molecule has 16 heteroatoms. The lowest BCUT2D eigenvalue weighted by Crippen LogP contribution is -2.51. The van der Waals surface area contributed by atoms with Crippen LogP contribution in [0.2, 0.25) is 5.02 Å². The molecule has 2 atom stereocenters. The normalized spacial score (nSPS) is 19.3. The molecular weight excluding hydrogens is 671 g/mol. The van der Waals surface area contributed by atoms with Gasteiger partial charge in [0.25, 0.3) is 10.0 Å². The van der Waals surface area contributed by atoms with E-state index in [0.29, 0.717) is 58.2 Å². The summed E-state index contributed by atoms with van der Waals surface area (Å²) >= 11 is 6.59. The van der Waals surface area contributed by atoms with E-state index in [2.05, 4.69) is 35.4 Å². The molecule has 2 bridgehead atoms. The predicted octanol–water partition coefficient (Wildman–Crippen LogP) is 4.56. The highest BCUT2D eigenvalue weighted by molar-refractivity contribution is 7.89. The summed E-state index contributed by atoms with van der Waals surface area (Å²) in [5, 5.41) is 14.5. The lowest BCUT2D eigenvalue weighted by molar-refractivity contribution is 0.270. The molecule has 49 heavy (non-hydrogen) atoms. The molecule has 6 heterocycles. The molecule has 0 unspecified atom stereocenters. The van der Waals surface area contributed by atoms with Gasteiger partial charge in [0.2, 0.25) is 0 Å². The van der Waals surface area contributed by atoms with Gasteiger partial charge >= 0.3 is 6.01 Å². The van der Waals surface area contributed by atoms with Gasteiger partial charge in [0, 0.05) is 59.5 Å². The van der Waals surface area contributed by atoms with E-state index in [-0.39, 0.29) is 41.2 Å². The Kier molecular flexibility index (Phi) is 7.25. The van der Waals surface area contributed by atoms with Crippen LogP contribution in [0, 0.1) is 5.82 Å². The molecule has 2 saturated heterocycles. The zero-order valence-corrected chi connectivity index (χ0v) is 27.6. The molecule has 6 aromatic rings. The number of aromatic nitrogens is 8. The third-order valence-electron chi connectivity index (χ3n) is 9.41. The van der Waals surface area contributed by atoms with E-state index < -0.39 is 15.8 Å². The lowest BCUT2D eigenvalue weighted by Gasteiger charge is -2.34. The van der Waals surface area contributed by atoms with Crippen LogP contribution in [0.15, 0.2) is 66.2 Å². The average molecular weight is 701 g/mol. The van der Waals surface area contributed by atoms with Crippen LogP contribution in [0.4, 0.5) is 10.2 Å². The first kappa shape index (κ1) is 30.3. The van der Waals surface area contributed by atoms with Crippen LogP contribution < -0.4 is 15.0 Å². The Bertz CT molecular complexity index is 2340. The molecule has 4 aromatic heterocycles. The quantitative estimate of drug-likeness (QED) is 0.227. The monoisotopic (exact) mass is 700 g/mol. The summed E-state index contributed by atoms with van der Waals surface area (Å²) in [5.74, 6) is 0.714. The van der Waals surface area contributed by atoms with Gasteiger partial charge in [-0.15, -0.1) is 9.19 Å². The smallest absolute Gasteiger partial charge is 0.319 e. The number of hydrogen-bond donors (Lipinski definition) is 1. The molecule has 1 N–H and O–H groups in total. The number of nitrogens with one attached hydrogen (secondary N) is 1. The molecule has 13 nitrogen and oxygen atoms in total. The fourth-order valence-corrected chi connectivity index (χ4v) is 8.12. The minimum atomic E-state index is -3.95. The van der Waals surface area contributed by atoms with Crippen LogP contribution >= 0.6 is 11.6 Å². The van der Waals surface area contributed by atoms with Gasteiger partial charge in [0.1, 0.15) is 34.9 Å². The van der Waals surface area contributed by atoms with Crippen molar-refractivity contribution in [1.29, 1.82) is 0 Å². The van der Waals surface area contributed by atoms with Crippen molar-refractivity contribution in [1.82, 2.24) is 44.2 Å². The van der Waals surface area contributed by atoms with E-state index in [4.69, 9.17) is 21.3 Å². The SMILES string of the molecule is O=S(=O)(c1cnn(CCOc2nc(N3C[C@H]4CC[C@@H](C3)N4)c3cnc(-c4cccc5cccc(Cl)c45)c(F)c3n2)c1)n1cnc(C2CC2)n1. The van der Waals surface area contributed by atoms with E-state index in [0.717, 1.165) is 35.2 Å². The van der Waals surface area contributed by atoms with Gasteiger partial charge in [0.05, 0.1) is 18.1 Å². The largest absolute Gasteiger partial charge is 0.461 e. The predicted molar refractivity (Wildman–Crippen MR) is 180 cm³/mol. The van der Waals surface area contributed by atoms with Crippen LogP contribution in [0.5, 0.6) is 6.01 Å². The molecule has 1 saturated carbocycles. The first-order chi connectivity index (χ1) is 23.8. The van der Waals surface area contributed by atoms with Crippen molar-refractivity contribution in [2.45, 2.75) is 55.1 Å². The summed E-state index contributed by atoms with van der Waals surface area (Å²) in [7, 11) is -3.95. The number of halogens is 2. The highest BCUT2D eigenvalue weighted by Gasteiger charge is 2.34. The van der Waals surface area contributed by atoms with E-state index in [1.54, 1.807) is 18.3 Å². The van der Waals surface area contributed by atoms with Gasteiger partial charge in [-0.25, -0.2) is 9.37 Å². The van der Waals surface area contributed by atoms with Crippen LogP contribution in [0.3, 0.4) is 0 Å². The summed E-state index contributed by atoms with van der Waals surface area (Å²) in [5.41, 5.74) is 0.777. The molecule has 0 spiro atoms. The van der Waals surface area contributed by atoms with Crippen LogP contribution in [-0.2, 0) is 16.6 Å². The third kappa shape index (κ3) is 5.45. The maximum Gasteiger partial charge on any atom is 0.319 e. The number of fused-ring (bicyclic) bond motifs is 4. The fraction of sp³-hybridized carbons (Fsp3) is 0.333. The summed E-state index contributed by atoms with van der Waals surface area (Å²) in [6, 6.07) is 11.7. The number of anilines is 1. The van der Waals surface area contributed by atoms with Crippen molar-refractivity contribution >= 4 is 49.1 Å². The van der Waals surface area contributed by atoms with Gasteiger partial charge in [-0.3, -0.25) is 9.67 Å². The summed E-state index contributed by atoms with van der Waals surface area (Å²) in [4.78, 5) is 20.2. The first-order valence-corrected chi connectivity index (χ1v) is 18.0. The second-order valence-corrected chi connectivity index (χ2v) is 14.9. The molecule has 2 aliphatic heterocycles. The number of nitrogens with zero attached hydrogens (tertiary/aromatic N) is 9. The Morgan fingerprint density at radius 2 is 1.80 bits per heavy atom. The van der Waals surface area contributed by atoms with Crippen LogP contribution in [0.1, 0.15) is 37.4 Å². The number of benzene rings is 2. The van der Waals surface area contributed by atoms with Crippen molar-refractivity contribution < 1.29 is 17.5 Å². The Balaban J connectivity index is 1.03. The zero-order valence-electron chi connectivity index (χ0n) is 26.1. The maximum atomic E-state index is 16.6. The van der Waals surface area contributed by atoms with Crippen molar-refractivity contribution in [2.24, 2.45) is 0 Å². The van der Waals surface area contributed by atoms with E-state index in [1.807, 2.05) is 24.3 Å². The highest BCUT2D eigenvalue weighted by atomic mass is 35.5. The lowest BCUT2D eigenvalue weighted by atomic mass is 10.0. The first-order valence-electron chi connectivity index (χ1n) is 16.2. The Hall–Kier alpha value is -4.73. The molecule has 2 aromatic carbocycles. The third-order valence-corrected chi connectivity index (χ3v) is 11.2. The van der Waals surface area contributed by atoms with Crippen molar-refractivity contribution in [2.75, 3.05) is 24.6 Å². The van der Waals surface area contributed by atoms with Crippen molar-refractivity contribution in [3.05, 3.63) is 78.0 Å². The Morgan fingerprint density at radius 1 is 1.00 bits per heavy atom. The van der Waals surface area contributed by atoms with Crippen molar-refractivity contribution in [3.8, 4) is 17.3 Å². The van der Waals surface area contributed by atoms with Crippen molar-refractivity contribution in [3.63, 3.8) is 0 Å². The summed E-state index contributed by atoms with van der Waals surface area (Å²) < 4.78 is 51.2. The number of piperazine rings is 1. The number of hydrogen-bond acceptors (Lipinski definition) is 11. The van der Waals surface area contributed by atoms with Gasteiger partial charge in [0.15, 0.2) is 11.6 Å². The standard InChI is InChI=1S/C33H30ClFN10O3S/c34-26-6-2-4-19-3-1-5-24(27(19)26)29-28(35)30-25(14-36-29)32(43-15-21-9-10-22(16-43)39-21)41-33(40-30)48-12-11-44-17-23(13-38-44)49(46,47)45-18-37-31(42-45)20-7-8-20/h1-6,13-14,17-18,20-22,39H,7-12,15-16H2/t21-,22+. The van der Waals surface area contributed by atoms with E-state index in [9.17, 15) is 8.42 Å². The highest BCUT2D eigenvalue weighted by Crippen LogP contribution is 2.39. The maximum absolute atomic E-state index is 16.6. The van der Waals surface area contributed by atoms with Gasteiger partial charge in [-0.1, -0.05) is 41.9 Å². The second-order valence-electron chi connectivity index (χ2n) is 12.7. The van der Waals surface area contributed by atoms with Gasteiger partial charge in [-0.2, -0.15) is 23.5 Å². The molecule has 3 fully saturated rings. The van der Waals surface area contributed by atoms with Crippen LogP contribution in [0.25, 0.3) is 32.9 Å². The molecule has 0 radical (unpaired) electrons. The Labute approximate surface area is 285 Å².